The molecule has 8 nitrogen and oxygen atoms in total. The zero-order valence-corrected chi connectivity index (χ0v) is 20.6. The summed E-state index contributed by atoms with van der Waals surface area (Å²) in [4.78, 5) is 56.8. The molecular weight excluding hydrogens is 491 g/mol. The number of halogens is 3. The number of rotatable bonds is 7. The highest BCUT2D eigenvalue weighted by atomic mass is 19.4. The van der Waals surface area contributed by atoms with Gasteiger partial charge in [0.25, 0.3) is 0 Å². The quantitative estimate of drug-likeness (QED) is 0.407. The van der Waals surface area contributed by atoms with Crippen LogP contribution in [-0.2, 0) is 36.5 Å². The summed E-state index contributed by atoms with van der Waals surface area (Å²) in [7, 11) is 0. The second-order valence-electron chi connectivity index (χ2n) is 9.58. The van der Waals surface area contributed by atoms with Gasteiger partial charge in [0.05, 0.1) is 12.2 Å². The molecule has 2 atom stereocenters. The molecule has 0 unspecified atom stereocenters. The fourth-order valence-corrected chi connectivity index (χ4v) is 5.33. The summed E-state index contributed by atoms with van der Waals surface area (Å²) in [6.45, 7) is 5.93. The van der Waals surface area contributed by atoms with Gasteiger partial charge in [0.15, 0.2) is 0 Å². The van der Waals surface area contributed by atoms with E-state index in [-0.39, 0.29) is 37.9 Å². The molecule has 1 spiro atoms. The van der Waals surface area contributed by atoms with Gasteiger partial charge in [0.1, 0.15) is 17.6 Å². The molecule has 37 heavy (non-hydrogen) atoms. The maximum absolute atomic E-state index is 13.9. The van der Waals surface area contributed by atoms with Crippen LogP contribution >= 0.6 is 0 Å². The van der Waals surface area contributed by atoms with Crippen LogP contribution in [0.15, 0.2) is 36.9 Å². The molecule has 2 aliphatic heterocycles. The molecule has 2 heterocycles. The maximum atomic E-state index is 13.9. The number of piperazine rings is 1. The summed E-state index contributed by atoms with van der Waals surface area (Å²) < 4.78 is 44.3. The Morgan fingerprint density at radius 3 is 2.41 bits per heavy atom. The zero-order chi connectivity index (χ0) is 27.0. The number of alkyl halides is 3. The van der Waals surface area contributed by atoms with Crippen LogP contribution in [0, 0.1) is 0 Å². The Kier molecular flexibility index (Phi) is 7.34. The number of amides is 3. The number of likely N-dealkylation sites (tertiary alicyclic amines) is 1. The van der Waals surface area contributed by atoms with E-state index in [2.05, 4.69) is 6.58 Å². The average molecular weight is 522 g/mol. The summed E-state index contributed by atoms with van der Waals surface area (Å²) in [6, 6.07) is 2.65. The van der Waals surface area contributed by atoms with Gasteiger partial charge in [0, 0.05) is 26.1 Å². The van der Waals surface area contributed by atoms with Gasteiger partial charge in [-0.05, 0) is 56.4 Å². The summed E-state index contributed by atoms with van der Waals surface area (Å²) in [6.07, 6.45) is -1.45. The molecule has 1 aromatic carbocycles. The first kappa shape index (κ1) is 26.7. The Hall–Kier alpha value is -3.37. The number of carbonyl (C=O) groups is 4. The van der Waals surface area contributed by atoms with Crippen molar-refractivity contribution < 1.29 is 37.1 Å². The van der Waals surface area contributed by atoms with Gasteiger partial charge >= 0.3 is 12.1 Å². The van der Waals surface area contributed by atoms with Crippen LogP contribution in [0.3, 0.4) is 0 Å². The Balaban J connectivity index is 1.64. The van der Waals surface area contributed by atoms with Gasteiger partial charge in [-0.15, -0.1) is 0 Å². The van der Waals surface area contributed by atoms with Crippen LogP contribution in [0.25, 0.3) is 0 Å². The highest BCUT2D eigenvalue weighted by molar-refractivity contribution is 6.00. The van der Waals surface area contributed by atoms with Crippen LogP contribution in [0.5, 0.6) is 0 Å². The van der Waals surface area contributed by atoms with Crippen molar-refractivity contribution in [3.05, 3.63) is 48.0 Å². The predicted octanol–water partition coefficient (Wildman–Crippen LogP) is 2.56. The first-order valence-corrected chi connectivity index (χ1v) is 12.4. The molecule has 1 aromatic rings. The molecule has 3 fully saturated rings. The lowest BCUT2D eigenvalue weighted by atomic mass is 9.98. The monoisotopic (exact) mass is 521 g/mol. The lowest BCUT2D eigenvalue weighted by molar-refractivity contribution is -0.161. The number of benzene rings is 1. The molecule has 0 aromatic heterocycles. The SMILES string of the molecule is C=CC(=O)N1CCN([C@@H](Cc2ccc(C(F)(F)F)cc2)C(=O)N2CCC[C@H]2C(=O)OCC)C(=O)C12CC2. The van der Waals surface area contributed by atoms with Crippen molar-refractivity contribution in [3.8, 4) is 0 Å². The van der Waals surface area contributed by atoms with Crippen molar-refractivity contribution in [2.75, 3.05) is 26.2 Å². The van der Waals surface area contributed by atoms with Crippen LogP contribution in [0.4, 0.5) is 13.2 Å². The predicted molar refractivity (Wildman–Crippen MR) is 126 cm³/mol. The number of carbonyl (C=O) groups excluding carboxylic acids is 4. The van der Waals surface area contributed by atoms with Gasteiger partial charge in [-0.2, -0.15) is 13.2 Å². The Morgan fingerprint density at radius 2 is 1.84 bits per heavy atom. The van der Waals surface area contributed by atoms with Crippen molar-refractivity contribution >= 4 is 23.7 Å². The number of nitrogens with zero attached hydrogens (tertiary/aromatic N) is 3. The van der Waals surface area contributed by atoms with Crippen molar-refractivity contribution in [3.63, 3.8) is 0 Å². The number of esters is 1. The summed E-state index contributed by atoms with van der Waals surface area (Å²) in [5.74, 6) is -1.71. The normalized spacial score (nSPS) is 21.7. The second-order valence-corrected chi connectivity index (χ2v) is 9.58. The van der Waals surface area contributed by atoms with E-state index in [0.717, 1.165) is 18.2 Å². The number of ether oxygens (including phenoxy) is 1. The fraction of sp³-hybridized carbons (Fsp3) is 0.538. The molecule has 0 radical (unpaired) electrons. The van der Waals surface area contributed by atoms with E-state index in [0.29, 0.717) is 37.8 Å². The Morgan fingerprint density at radius 1 is 1.16 bits per heavy atom. The maximum Gasteiger partial charge on any atom is 0.416 e. The highest BCUT2D eigenvalue weighted by Gasteiger charge is 2.61. The van der Waals surface area contributed by atoms with Crippen molar-refractivity contribution in [1.82, 2.24) is 14.7 Å². The molecule has 11 heteroatoms. The standard InChI is InChI=1S/C26H30F3N3O5/c1-3-21(33)32-15-14-31(24(36)25(32)11-12-25)20(16-17-7-9-18(10-8-17)26(27,28)29)22(34)30-13-5-6-19(30)23(35)37-4-2/h3,7-10,19-20H,1,4-6,11-16H2,2H3/t19-,20-/m0/s1. The van der Waals surface area contributed by atoms with E-state index in [1.54, 1.807) is 6.92 Å². The first-order valence-electron chi connectivity index (χ1n) is 12.4. The van der Waals surface area contributed by atoms with Gasteiger partial charge in [-0.3, -0.25) is 14.4 Å². The van der Waals surface area contributed by atoms with E-state index in [1.807, 2.05) is 0 Å². The number of hydrogen-bond donors (Lipinski definition) is 0. The van der Waals surface area contributed by atoms with Crippen molar-refractivity contribution in [1.29, 1.82) is 0 Å². The van der Waals surface area contributed by atoms with E-state index in [9.17, 15) is 32.3 Å². The van der Waals surface area contributed by atoms with Crippen molar-refractivity contribution in [2.24, 2.45) is 0 Å². The lowest BCUT2D eigenvalue weighted by Crippen LogP contribution is -2.65. The Bertz CT molecular complexity index is 1080. The second kappa shape index (κ2) is 10.2. The third-order valence-corrected chi connectivity index (χ3v) is 7.37. The van der Waals surface area contributed by atoms with Gasteiger partial charge in [-0.25, -0.2) is 4.79 Å². The molecule has 3 aliphatic rings. The smallest absolute Gasteiger partial charge is 0.416 e. The minimum Gasteiger partial charge on any atom is -0.464 e. The molecule has 1 saturated carbocycles. The minimum atomic E-state index is -4.50. The molecule has 3 amide bonds. The molecule has 0 bridgehead atoms. The van der Waals surface area contributed by atoms with Crippen LogP contribution in [0.1, 0.15) is 43.7 Å². The van der Waals surface area contributed by atoms with Crippen LogP contribution < -0.4 is 0 Å². The molecule has 0 N–H and O–H groups in total. The van der Waals surface area contributed by atoms with E-state index >= 15 is 0 Å². The zero-order valence-electron chi connectivity index (χ0n) is 20.6. The molecule has 1 aliphatic carbocycles. The van der Waals surface area contributed by atoms with Crippen LogP contribution in [0.2, 0.25) is 0 Å². The minimum absolute atomic E-state index is 0.0275. The van der Waals surface area contributed by atoms with Gasteiger partial charge in [0.2, 0.25) is 17.7 Å². The van der Waals surface area contributed by atoms with Gasteiger partial charge in [-0.1, -0.05) is 18.7 Å². The van der Waals surface area contributed by atoms with Crippen LogP contribution in [-0.4, -0.2) is 82.3 Å². The molecule has 200 valence electrons. The lowest BCUT2D eigenvalue weighted by Gasteiger charge is -2.44. The first-order chi connectivity index (χ1) is 17.5. The molecular formula is C26H30F3N3O5. The van der Waals surface area contributed by atoms with Crippen molar-refractivity contribution in [2.45, 2.75) is 62.8 Å². The number of hydrogen-bond acceptors (Lipinski definition) is 5. The fourth-order valence-electron chi connectivity index (χ4n) is 5.33. The molecule has 4 rings (SSSR count). The van der Waals surface area contributed by atoms with E-state index in [4.69, 9.17) is 4.74 Å². The van der Waals surface area contributed by atoms with E-state index in [1.165, 1.54) is 26.8 Å². The molecule has 2 saturated heterocycles. The van der Waals surface area contributed by atoms with Gasteiger partial charge < -0.3 is 19.4 Å². The summed E-state index contributed by atoms with van der Waals surface area (Å²) in [5, 5.41) is 0. The summed E-state index contributed by atoms with van der Waals surface area (Å²) in [5.41, 5.74) is -1.40. The third kappa shape index (κ3) is 5.08. The average Bonchev–Trinajstić information content (AvgIpc) is 3.49. The van der Waals surface area contributed by atoms with E-state index < -0.39 is 41.2 Å². The highest BCUT2D eigenvalue weighted by Crippen LogP contribution is 2.46. The topological polar surface area (TPSA) is 87.2 Å². The summed E-state index contributed by atoms with van der Waals surface area (Å²) >= 11 is 0. The third-order valence-electron chi connectivity index (χ3n) is 7.37. The largest absolute Gasteiger partial charge is 0.464 e. The Labute approximate surface area is 213 Å².